The van der Waals surface area contributed by atoms with Gasteiger partial charge >= 0.3 is 0 Å². The maximum atomic E-state index is 6.02. The van der Waals surface area contributed by atoms with E-state index in [1.165, 1.54) is 31.5 Å². The Labute approximate surface area is 145 Å². The van der Waals surface area contributed by atoms with Gasteiger partial charge in [-0.1, -0.05) is 43.3 Å². The fourth-order valence-electron chi connectivity index (χ4n) is 3.36. The lowest BCUT2D eigenvalue weighted by Crippen LogP contribution is -2.33. The summed E-state index contributed by atoms with van der Waals surface area (Å²) in [5.41, 5.74) is 2.45. The van der Waals surface area contributed by atoms with Gasteiger partial charge in [-0.15, -0.1) is 0 Å². The highest BCUT2D eigenvalue weighted by molar-refractivity contribution is 5.43. The van der Waals surface area contributed by atoms with E-state index in [9.17, 15) is 0 Å². The van der Waals surface area contributed by atoms with E-state index in [0.29, 0.717) is 6.61 Å². The minimum absolute atomic E-state index is 0.557. The first-order valence-corrected chi connectivity index (χ1v) is 8.80. The normalized spacial score (nSPS) is 18.3. The summed E-state index contributed by atoms with van der Waals surface area (Å²) in [4.78, 5) is 2.54. The molecule has 2 aromatic rings. The third-order valence-electron chi connectivity index (χ3n) is 4.61. The van der Waals surface area contributed by atoms with Crippen LogP contribution in [0.2, 0.25) is 0 Å². The Balaban J connectivity index is 1.68. The first-order chi connectivity index (χ1) is 11.7. The van der Waals surface area contributed by atoms with E-state index >= 15 is 0 Å². The smallest absolute Gasteiger partial charge is 0.161 e. The van der Waals surface area contributed by atoms with Crippen molar-refractivity contribution in [3.63, 3.8) is 0 Å². The third-order valence-corrected chi connectivity index (χ3v) is 4.61. The van der Waals surface area contributed by atoms with Gasteiger partial charge in [0.05, 0.1) is 7.11 Å². The van der Waals surface area contributed by atoms with E-state index in [1.807, 2.05) is 24.3 Å². The van der Waals surface area contributed by atoms with E-state index in [1.54, 1.807) is 7.11 Å². The van der Waals surface area contributed by atoms with E-state index in [4.69, 9.17) is 9.47 Å². The quantitative estimate of drug-likeness (QED) is 0.780. The van der Waals surface area contributed by atoms with Crippen LogP contribution in [-0.4, -0.2) is 25.1 Å². The van der Waals surface area contributed by atoms with Crippen molar-refractivity contribution in [3.8, 4) is 11.5 Å². The molecule has 3 nitrogen and oxygen atoms in total. The van der Waals surface area contributed by atoms with Crippen LogP contribution in [0.5, 0.6) is 11.5 Å². The minimum atomic E-state index is 0.557. The Bertz CT molecular complexity index is 642. The van der Waals surface area contributed by atoms with Crippen LogP contribution in [0.4, 0.5) is 0 Å². The molecule has 0 bridgehead atoms. The Kier molecular flexibility index (Phi) is 5.76. The number of hydrogen-bond acceptors (Lipinski definition) is 3. The molecular weight excluding hydrogens is 298 g/mol. The van der Waals surface area contributed by atoms with Gasteiger partial charge in [0.15, 0.2) is 11.5 Å². The average Bonchev–Trinajstić information content (AvgIpc) is 2.61. The van der Waals surface area contributed by atoms with Crippen molar-refractivity contribution in [1.82, 2.24) is 4.90 Å². The standard InChI is InChI=1S/C21H27NO2/c1-17-7-6-12-22(14-17)15-19-10-11-20(23-2)21(13-19)24-16-18-8-4-3-5-9-18/h3-5,8-11,13,17H,6-7,12,14-16H2,1-2H3/t17-/m1/s1. The molecule has 2 aromatic carbocycles. The number of benzene rings is 2. The van der Waals surface area contributed by atoms with E-state index in [-0.39, 0.29) is 0 Å². The molecule has 1 aliphatic rings. The fourth-order valence-corrected chi connectivity index (χ4v) is 3.36. The van der Waals surface area contributed by atoms with Crippen LogP contribution in [0.3, 0.4) is 0 Å². The van der Waals surface area contributed by atoms with Crippen molar-refractivity contribution in [2.24, 2.45) is 5.92 Å². The highest BCUT2D eigenvalue weighted by Gasteiger charge is 2.17. The van der Waals surface area contributed by atoms with Crippen molar-refractivity contribution < 1.29 is 9.47 Å². The summed E-state index contributed by atoms with van der Waals surface area (Å²) in [5.74, 6) is 2.41. The number of nitrogens with zero attached hydrogens (tertiary/aromatic N) is 1. The number of piperidine rings is 1. The van der Waals surface area contributed by atoms with Gasteiger partial charge in [-0.25, -0.2) is 0 Å². The number of hydrogen-bond donors (Lipinski definition) is 0. The molecule has 1 saturated heterocycles. The molecule has 24 heavy (non-hydrogen) atoms. The van der Waals surface area contributed by atoms with Crippen LogP contribution < -0.4 is 9.47 Å². The molecule has 0 aliphatic carbocycles. The first kappa shape index (κ1) is 16.8. The molecule has 3 rings (SSSR count). The summed E-state index contributed by atoms with van der Waals surface area (Å²) in [7, 11) is 1.69. The van der Waals surface area contributed by atoms with Gasteiger partial charge in [0, 0.05) is 13.1 Å². The molecule has 0 amide bonds. The summed E-state index contributed by atoms with van der Waals surface area (Å²) in [5, 5.41) is 0. The minimum Gasteiger partial charge on any atom is -0.493 e. The summed E-state index contributed by atoms with van der Waals surface area (Å²) in [6.07, 6.45) is 2.65. The number of rotatable bonds is 6. The van der Waals surface area contributed by atoms with Crippen LogP contribution in [0.15, 0.2) is 48.5 Å². The largest absolute Gasteiger partial charge is 0.493 e. The van der Waals surface area contributed by atoms with Crippen molar-refractivity contribution >= 4 is 0 Å². The van der Waals surface area contributed by atoms with Crippen LogP contribution in [0.25, 0.3) is 0 Å². The molecule has 0 saturated carbocycles. The van der Waals surface area contributed by atoms with Gasteiger partial charge in [-0.2, -0.15) is 0 Å². The Morgan fingerprint density at radius 2 is 1.88 bits per heavy atom. The molecule has 1 heterocycles. The molecule has 0 N–H and O–H groups in total. The summed E-state index contributed by atoms with van der Waals surface area (Å²) in [6.45, 7) is 6.26. The second-order valence-corrected chi connectivity index (χ2v) is 6.74. The highest BCUT2D eigenvalue weighted by Crippen LogP contribution is 2.30. The van der Waals surface area contributed by atoms with Gasteiger partial charge in [0.1, 0.15) is 6.61 Å². The second kappa shape index (κ2) is 8.20. The fraction of sp³-hybridized carbons (Fsp3) is 0.429. The van der Waals surface area contributed by atoms with Gasteiger partial charge in [0.2, 0.25) is 0 Å². The average molecular weight is 325 g/mol. The zero-order chi connectivity index (χ0) is 16.8. The van der Waals surface area contributed by atoms with E-state index in [2.05, 4.69) is 36.1 Å². The Morgan fingerprint density at radius 1 is 1.04 bits per heavy atom. The van der Waals surface area contributed by atoms with Gasteiger partial charge in [0.25, 0.3) is 0 Å². The highest BCUT2D eigenvalue weighted by atomic mass is 16.5. The third kappa shape index (κ3) is 4.51. The summed E-state index contributed by atoms with van der Waals surface area (Å²) >= 11 is 0. The number of likely N-dealkylation sites (tertiary alicyclic amines) is 1. The van der Waals surface area contributed by atoms with Gasteiger partial charge in [-0.3, -0.25) is 4.90 Å². The Hall–Kier alpha value is -2.00. The molecule has 1 fully saturated rings. The molecule has 0 spiro atoms. The van der Waals surface area contributed by atoms with Crippen molar-refractivity contribution in [1.29, 1.82) is 0 Å². The van der Waals surface area contributed by atoms with Crippen molar-refractivity contribution in [2.75, 3.05) is 20.2 Å². The zero-order valence-corrected chi connectivity index (χ0v) is 14.7. The molecular formula is C21H27NO2. The lowest BCUT2D eigenvalue weighted by atomic mass is 10.00. The lowest BCUT2D eigenvalue weighted by molar-refractivity contribution is 0.176. The number of ether oxygens (including phenoxy) is 2. The van der Waals surface area contributed by atoms with Crippen LogP contribution >= 0.6 is 0 Å². The number of methoxy groups -OCH3 is 1. The SMILES string of the molecule is COc1ccc(CN2CCC[C@@H](C)C2)cc1OCc1ccccc1. The predicted molar refractivity (Wildman–Crippen MR) is 97.4 cm³/mol. The molecule has 0 unspecified atom stereocenters. The maximum absolute atomic E-state index is 6.02. The zero-order valence-electron chi connectivity index (χ0n) is 14.7. The lowest BCUT2D eigenvalue weighted by Gasteiger charge is -2.31. The van der Waals surface area contributed by atoms with Gasteiger partial charge in [-0.05, 0) is 48.6 Å². The van der Waals surface area contributed by atoms with E-state index < -0.39 is 0 Å². The molecule has 3 heteroatoms. The Morgan fingerprint density at radius 3 is 2.62 bits per heavy atom. The monoisotopic (exact) mass is 325 g/mol. The van der Waals surface area contributed by atoms with Crippen molar-refractivity contribution in [3.05, 3.63) is 59.7 Å². The molecule has 1 aliphatic heterocycles. The maximum Gasteiger partial charge on any atom is 0.161 e. The van der Waals surface area contributed by atoms with Crippen LogP contribution in [0, 0.1) is 5.92 Å². The molecule has 128 valence electrons. The first-order valence-electron chi connectivity index (χ1n) is 8.80. The van der Waals surface area contributed by atoms with Crippen LogP contribution in [0.1, 0.15) is 30.9 Å². The summed E-state index contributed by atoms with van der Waals surface area (Å²) < 4.78 is 11.5. The van der Waals surface area contributed by atoms with Crippen molar-refractivity contribution in [2.45, 2.75) is 32.9 Å². The van der Waals surface area contributed by atoms with E-state index in [0.717, 1.165) is 29.5 Å². The molecule has 0 aromatic heterocycles. The molecule has 0 radical (unpaired) electrons. The predicted octanol–water partition coefficient (Wildman–Crippen LogP) is 4.51. The topological polar surface area (TPSA) is 21.7 Å². The molecule has 1 atom stereocenters. The second-order valence-electron chi connectivity index (χ2n) is 6.74. The summed E-state index contributed by atoms with van der Waals surface area (Å²) in [6, 6.07) is 16.5. The van der Waals surface area contributed by atoms with Gasteiger partial charge < -0.3 is 9.47 Å². The van der Waals surface area contributed by atoms with Crippen LogP contribution in [-0.2, 0) is 13.2 Å².